The Morgan fingerprint density at radius 3 is 2.57 bits per heavy atom. The molecule has 4 heteroatoms. The maximum absolute atomic E-state index is 13.6. The summed E-state index contributed by atoms with van der Waals surface area (Å²) < 4.78 is 13.6. The van der Waals surface area contributed by atoms with Gasteiger partial charge < -0.3 is 14.9 Å². The van der Waals surface area contributed by atoms with Crippen LogP contribution in [0, 0.1) is 17.7 Å². The molecule has 0 aliphatic heterocycles. The second kappa shape index (κ2) is 9.51. The normalized spacial score (nSPS) is 10.8. The van der Waals surface area contributed by atoms with Crippen molar-refractivity contribution in [2.45, 2.75) is 19.4 Å². The number of benzene rings is 1. The Kier molecular flexibility index (Phi) is 7.99. The molecule has 0 unspecified atom stereocenters. The number of nitrogens with zero attached hydrogens (tertiary/aromatic N) is 2. The number of hydrogen-bond donors (Lipinski definition) is 1. The summed E-state index contributed by atoms with van der Waals surface area (Å²) in [6.45, 7) is 2.76. The van der Waals surface area contributed by atoms with E-state index in [2.05, 4.69) is 35.7 Å². The summed E-state index contributed by atoms with van der Waals surface area (Å²) in [5, 5.41) is 8.71. The van der Waals surface area contributed by atoms with Crippen LogP contribution in [0.4, 0.5) is 4.39 Å². The van der Waals surface area contributed by atoms with Crippen LogP contribution in [-0.2, 0) is 6.54 Å². The quantitative estimate of drug-likeness (QED) is 0.778. The van der Waals surface area contributed by atoms with Gasteiger partial charge in [0, 0.05) is 18.5 Å². The third kappa shape index (κ3) is 7.81. The van der Waals surface area contributed by atoms with E-state index in [1.54, 1.807) is 6.07 Å². The van der Waals surface area contributed by atoms with Crippen molar-refractivity contribution in [1.82, 2.24) is 9.80 Å². The Balaban J connectivity index is 2.60. The molecule has 116 valence electrons. The van der Waals surface area contributed by atoms with E-state index < -0.39 is 0 Å². The van der Waals surface area contributed by atoms with Crippen LogP contribution >= 0.6 is 0 Å². The van der Waals surface area contributed by atoms with Crippen LogP contribution < -0.4 is 0 Å². The lowest BCUT2D eigenvalue weighted by Gasteiger charge is -2.18. The van der Waals surface area contributed by atoms with Crippen molar-refractivity contribution >= 4 is 0 Å². The van der Waals surface area contributed by atoms with E-state index in [0.717, 1.165) is 25.1 Å². The Labute approximate surface area is 127 Å². The van der Waals surface area contributed by atoms with Crippen molar-refractivity contribution in [2.24, 2.45) is 0 Å². The number of aliphatic hydroxyl groups excluding tert-OH is 1. The molecule has 0 radical (unpaired) electrons. The molecule has 1 aromatic rings. The first-order chi connectivity index (χ1) is 10.0. The van der Waals surface area contributed by atoms with E-state index in [1.807, 2.05) is 13.1 Å². The van der Waals surface area contributed by atoms with Crippen LogP contribution in [-0.4, -0.2) is 55.7 Å². The number of hydrogen-bond acceptors (Lipinski definition) is 3. The molecule has 0 aliphatic carbocycles. The highest BCUT2D eigenvalue weighted by atomic mass is 19.1. The zero-order chi connectivity index (χ0) is 15.7. The molecule has 3 nitrogen and oxygen atoms in total. The Morgan fingerprint density at radius 2 is 1.90 bits per heavy atom. The Hall–Kier alpha value is -1.41. The van der Waals surface area contributed by atoms with Crippen LogP contribution in [0.5, 0.6) is 0 Å². The van der Waals surface area contributed by atoms with Gasteiger partial charge >= 0.3 is 0 Å². The molecule has 1 rings (SSSR count). The first-order valence-corrected chi connectivity index (χ1v) is 7.23. The molecule has 0 atom stereocenters. The zero-order valence-electron chi connectivity index (χ0n) is 13.2. The van der Waals surface area contributed by atoms with Crippen molar-refractivity contribution in [2.75, 3.05) is 40.8 Å². The van der Waals surface area contributed by atoms with E-state index in [4.69, 9.17) is 5.11 Å². The van der Waals surface area contributed by atoms with Gasteiger partial charge in [0.1, 0.15) is 5.82 Å². The average molecular weight is 292 g/mol. The smallest absolute Gasteiger partial charge is 0.124 e. The lowest BCUT2D eigenvalue weighted by molar-refractivity contribution is 0.294. The summed E-state index contributed by atoms with van der Waals surface area (Å²) in [6, 6.07) is 4.90. The van der Waals surface area contributed by atoms with Gasteiger partial charge in [-0.15, -0.1) is 0 Å². The van der Waals surface area contributed by atoms with E-state index in [1.165, 1.54) is 6.07 Å². The van der Waals surface area contributed by atoms with Gasteiger partial charge in [0.15, 0.2) is 0 Å². The standard InChI is InChI=1S/C17H25FN2O/c1-19(2)8-6-9-20(3)14-16-11-15(7-4-5-10-21)12-17(18)13-16/h11-13,21H,5-6,8-10,14H2,1-3H3. The number of halogens is 1. The molecule has 1 aromatic carbocycles. The lowest BCUT2D eigenvalue weighted by Crippen LogP contribution is -2.23. The van der Waals surface area contributed by atoms with E-state index in [0.29, 0.717) is 18.5 Å². The molecule has 0 heterocycles. The molecule has 0 saturated heterocycles. The topological polar surface area (TPSA) is 26.7 Å². The molecule has 0 aliphatic rings. The molecule has 0 aromatic heterocycles. The molecule has 21 heavy (non-hydrogen) atoms. The minimum Gasteiger partial charge on any atom is -0.395 e. The lowest BCUT2D eigenvalue weighted by atomic mass is 10.1. The maximum Gasteiger partial charge on any atom is 0.124 e. The third-order valence-electron chi connectivity index (χ3n) is 3.02. The molecular formula is C17H25FN2O. The van der Waals surface area contributed by atoms with E-state index >= 15 is 0 Å². The number of aliphatic hydroxyl groups is 1. The fourth-order valence-corrected chi connectivity index (χ4v) is 2.08. The number of rotatable bonds is 7. The van der Waals surface area contributed by atoms with Crippen LogP contribution in [0.15, 0.2) is 18.2 Å². The molecule has 0 saturated carbocycles. The second-order valence-corrected chi connectivity index (χ2v) is 5.52. The molecular weight excluding hydrogens is 267 g/mol. The zero-order valence-corrected chi connectivity index (χ0v) is 13.2. The Morgan fingerprint density at radius 1 is 1.14 bits per heavy atom. The van der Waals surface area contributed by atoms with E-state index in [-0.39, 0.29) is 12.4 Å². The fourth-order valence-electron chi connectivity index (χ4n) is 2.08. The van der Waals surface area contributed by atoms with Crippen LogP contribution in [0.3, 0.4) is 0 Å². The molecule has 0 amide bonds. The van der Waals surface area contributed by atoms with Crippen LogP contribution in [0.1, 0.15) is 24.0 Å². The first-order valence-electron chi connectivity index (χ1n) is 7.23. The highest BCUT2D eigenvalue weighted by Crippen LogP contribution is 2.11. The van der Waals surface area contributed by atoms with Crippen molar-refractivity contribution < 1.29 is 9.50 Å². The van der Waals surface area contributed by atoms with Gasteiger partial charge in [0.05, 0.1) is 6.61 Å². The maximum atomic E-state index is 13.6. The van der Waals surface area contributed by atoms with Gasteiger partial charge in [-0.2, -0.15) is 0 Å². The van der Waals surface area contributed by atoms with Crippen LogP contribution in [0.25, 0.3) is 0 Å². The minimum atomic E-state index is -0.262. The predicted octanol–water partition coefficient (Wildman–Crippen LogP) is 1.94. The SMILES string of the molecule is CN(C)CCCN(C)Cc1cc(F)cc(C#CCCO)c1. The fraction of sp³-hybridized carbons (Fsp3) is 0.529. The van der Waals surface area contributed by atoms with Gasteiger partial charge in [-0.05, 0) is 64.4 Å². The molecule has 0 bridgehead atoms. The molecule has 0 fully saturated rings. The molecule has 1 N–H and O–H groups in total. The van der Waals surface area contributed by atoms with Crippen molar-refractivity contribution in [3.05, 3.63) is 35.1 Å². The minimum absolute atomic E-state index is 0.0315. The van der Waals surface area contributed by atoms with Gasteiger partial charge in [-0.25, -0.2) is 4.39 Å². The summed E-state index contributed by atoms with van der Waals surface area (Å²) >= 11 is 0. The monoisotopic (exact) mass is 292 g/mol. The predicted molar refractivity (Wildman–Crippen MR) is 84.5 cm³/mol. The van der Waals surface area contributed by atoms with Gasteiger partial charge in [-0.1, -0.05) is 11.8 Å². The van der Waals surface area contributed by atoms with Crippen LogP contribution in [0.2, 0.25) is 0 Å². The summed E-state index contributed by atoms with van der Waals surface area (Å²) in [5.74, 6) is 5.44. The highest BCUT2D eigenvalue weighted by molar-refractivity contribution is 5.37. The van der Waals surface area contributed by atoms with Crippen molar-refractivity contribution in [3.63, 3.8) is 0 Å². The van der Waals surface area contributed by atoms with E-state index in [9.17, 15) is 4.39 Å². The first kappa shape index (κ1) is 17.6. The third-order valence-corrected chi connectivity index (χ3v) is 3.02. The summed E-state index contributed by atoms with van der Waals surface area (Å²) in [5.41, 5.74) is 1.59. The summed E-state index contributed by atoms with van der Waals surface area (Å²) in [4.78, 5) is 4.34. The molecule has 0 spiro atoms. The van der Waals surface area contributed by atoms with Crippen molar-refractivity contribution in [1.29, 1.82) is 0 Å². The summed E-state index contributed by atoms with van der Waals surface area (Å²) in [7, 11) is 6.16. The average Bonchev–Trinajstić information content (AvgIpc) is 2.37. The second-order valence-electron chi connectivity index (χ2n) is 5.52. The van der Waals surface area contributed by atoms with Gasteiger partial charge in [-0.3, -0.25) is 0 Å². The Bertz CT molecular complexity index is 491. The largest absolute Gasteiger partial charge is 0.395 e. The van der Waals surface area contributed by atoms with Gasteiger partial charge in [0.25, 0.3) is 0 Å². The highest BCUT2D eigenvalue weighted by Gasteiger charge is 2.04. The summed E-state index contributed by atoms with van der Waals surface area (Å²) in [6.07, 6.45) is 1.50. The van der Waals surface area contributed by atoms with Gasteiger partial charge in [0.2, 0.25) is 0 Å². The van der Waals surface area contributed by atoms with Crippen molar-refractivity contribution in [3.8, 4) is 11.8 Å².